The molecule has 0 aliphatic heterocycles. The lowest BCUT2D eigenvalue weighted by molar-refractivity contribution is 0.598. The number of nitrogen functional groups attached to an aromatic ring is 1. The number of rotatable bonds is 3. The maximum absolute atomic E-state index is 11.4. The summed E-state index contributed by atoms with van der Waals surface area (Å²) in [5.41, 5.74) is 8.47. The number of nitrogens with two attached hydrogens (primary N) is 2. The zero-order valence-electron chi connectivity index (χ0n) is 10.7. The van der Waals surface area contributed by atoms with Gasteiger partial charge in [-0.05, 0) is 48.9 Å². The molecule has 2 aromatic carbocycles. The number of anilines is 3. The third-order valence-corrected chi connectivity index (χ3v) is 4.11. The van der Waals surface area contributed by atoms with E-state index in [-0.39, 0.29) is 4.90 Å². The van der Waals surface area contributed by atoms with E-state index in [1.165, 1.54) is 12.1 Å². The number of primary sulfonamides is 1. The average molecular weight is 356 g/mol. The van der Waals surface area contributed by atoms with E-state index in [1.807, 2.05) is 25.1 Å². The van der Waals surface area contributed by atoms with Crippen LogP contribution >= 0.6 is 15.9 Å². The third-order valence-electron chi connectivity index (χ3n) is 2.72. The molecule has 5 N–H and O–H groups in total. The molecule has 2 rings (SSSR count). The Kier molecular flexibility index (Phi) is 4.03. The van der Waals surface area contributed by atoms with Gasteiger partial charge in [0, 0.05) is 21.5 Å². The van der Waals surface area contributed by atoms with E-state index in [4.69, 9.17) is 10.9 Å². The SMILES string of the molecule is Cc1cc(Br)ccc1Nc1cc(N)cc(S(N)(=O)=O)c1. The number of halogens is 1. The Bertz CT molecular complexity index is 760. The fourth-order valence-electron chi connectivity index (χ4n) is 1.78. The van der Waals surface area contributed by atoms with Gasteiger partial charge >= 0.3 is 0 Å². The second-order valence-corrected chi connectivity index (χ2v) is 6.90. The first kappa shape index (κ1) is 14.8. The smallest absolute Gasteiger partial charge is 0.238 e. The lowest BCUT2D eigenvalue weighted by Crippen LogP contribution is -2.12. The Morgan fingerprint density at radius 1 is 1.15 bits per heavy atom. The van der Waals surface area contributed by atoms with E-state index in [9.17, 15) is 8.42 Å². The molecule has 20 heavy (non-hydrogen) atoms. The van der Waals surface area contributed by atoms with Crippen molar-refractivity contribution >= 4 is 43.0 Å². The van der Waals surface area contributed by atoms with Crippen molar-refractivity contribution in [1.82, 2.24) is 0 Å². The topological polar surface area (TPSA) is 98.2 Å². The largest absolute Gasteiger partial charge is 0.399 e. The van der Waals surface area contributed by atoms with Gasteiger partial charge in [-0.1, -0.05) is 15.9 Å². The van der Waals surface area contributed by atoms with Crippen molar-refractivity contribution in [2.45, 2.75) is 11.8 Å². The molecule has 106 valence electrons. The lowest BCUT2D eigenvalue weighted by Gasteiger charge is -2.12. The van der Waals surface area contributed by atoms with Crippen LogP contribution in [0.2, 0.25) is 0 Å². The van der Waals surface area contributed by atoms with Crippen LogP contribution in [-0.2, 0) is 10.0 Å². The summed E-state index contributed by atoms with van der Waals surface area (Å²) in [7, 11) is -3.78. The predicted octanol–water partition coefficient (Wildman–Crippen LogP) is 2.73. The number of sulfonamides is 1. The van der Waals surface area contributed by atoms with Crippen LogP contribution in [0.5, 0.6) is 0 Å². The molecule has 5 nitrogen and oxygen atoms in total. The van der Waals surface area contributed by atoms with Crippen molar-refractivity contribution in [2.75, 3.05) is 11.1 Å². The predicted molar refractivity (Wildman–Crippen MR) is 84.4 cm³/mol. The summed E-state index contributed by atoms with van der Waals surface area (Å²) in [5, 5.41) is 8.25. The number of aryl methyl sites for hydroxylation is 1. The van der Waals surface area contributed by atoms with E-state index in [0.29, 0.717) is 11.4 Å². The van der Waals surface area contributed by atoms with Gasteiger partial charge in [0.25, 0.3) is 0 Å². The fourth-order valence-corrected chi connectivity index (χ4v) is 2.85. The number of benzene rings is 2. The zero-order valence-corrected chi connectivity index (χ0v) is 13.1. The molecule has 0 saturated heterocycles. The van der Waals surface area contributed by atoms with Crippen LogP contribution in [0.15, 0.2) is 45.8 Å². The first-order valence-corrected chi connectivity index (χ1v) is 8.06. The van der Waals surface area contributed by atoms with E-state index in [0.717, 1.165) is 15.7 Å². The average Bonchev–Trinajstić information content (AvgIpc) is 2.31. The van der Waals surface area contributed by atoms with Crippen LogP contribution in [0.1, 0.15) is 5.56 Å². The minimum absolute atomic E-state index is 0.0187. The summed E-state index contributed by atoms with van der Waals surface area (Å²) in [4.78, 5) is -0.0187. The van der Waals surface area contributed by atoms with Gasteiger partial charge in [0.1, 0.15) is 0 Å². The molecule has 0 bridgehead atoms. The summed E-state index contributed by atoms with van der Waals surface area (Å²) < 4.78 is 23.7. The molecule has 0 amide bonds. The first-order valence-electron chi connectivity index (χ1n) is 5.72. The normalized spacial score (nSPS) is 11.3. The quantitative estimate of drug-likeness (QED) is 0.737. The molecule has 0 aliphatic rings. The van der Waals surface area contributed by atoms with Crippen LogP contribution < -0.4 is 16.2 Å². The Balaban J connectivity index is 2.41. The Hall–Kier alpha value is -1.57. The summed E-state index contributed by atoms with van der Waals surface area (Å²) in [6.45, 7) is 1.94. The summed E-state index contributed by atoms with van der Waals surface area (Å²) in [6, 6.07) is 10.2. The van der Waals surface area contributed by atoms with Crippen molar-refractivity contribution < 1.29 is 8.42 Å². The van der Waals surface area contributed by atoms with Crippen LogP contribution in [0, 0.1) is 6.92 Å². The van der Waals surface area contributed by atoms with Gasteiger partial charge < -0.3 is 11.1 Å². The van der Waals surface area contributed by atoms with Crippen LogP contribution in [0.25, 0.3) is 0 Å². The highest BCUT2D eigenvalue weighted by Crippen LogP contribution is 2.26. The zero-order chi connectivity index (χ0) is 14.9. The highest BCUT2D eigenvalue weighted by molar-refractivity contribution is 9.10. The van der Waals surface area contributed by atoms with E-state index < -0.39 is 10.0 Å². The molecular formula is C13H14BrN3O2S. The van der Waals surface area contributed by atoms with Gasteiger partial charge in [-0.25, -0.2) is 13.6 Å². The van der Waals surface area contributed by atoms with Crippen LogP contribution in [-0.4, -0.2) is 8.42 Å². The van der Waals surface area contributed by atoms with Crippen LogP contribution in [0.4, 0.5) is 17.1 Å². The minimum Gasteiger partial charge on any atom is -0.399 e. The minimum atomic E-state index is -3.78. The molecule has 0 unspecified atom stereocenters. The standard InChI is InChI=1S/C13H14BrN3O2S/c1-8-4-9(14)2-3-13(8)17-11-5-10(15)6-12(7-11)20(16,18)19/h2-7,17H,15H2,1H3,(H2,16,18,19). The maximum Gasteiger partial charge on any atom is 0.238 e. The molecule has 0 atom stereocenters. The van der Waals surface area contributed by atoms with Gasteiger partial charge in [0.15, 0.2) is 0 Å². The summed E-state index contributed by atoms with van der Waals surface area (Å²) in [6.07, 6.45) is 0. The molecule has 0 saturated carbocycles. The van der Waals surface area contributed by atoms with Crippen LogP contribution in [0.3, 0.4) is 0 Å². The van der Waals surface area contributed by atoms with Gasteiger partial charge in [-0.15, -0.1) is 0 Å². The van der Waals surface area contributed by atoms with Gasteiger partial charge in [-0.3, -0.25) is 0 Å². The highest BCUT2D eigenvalue weighted by atomic mass is 79.9. The molecular weight excluding hydrogens is 342 g/mol. The second kappa shape index (κ2) is 5.43. The molecule has 0 radical (unpaired) electrons. The van der Waals surface area contributed by atoms with E-state index in [2.05, 4.69) is 21.2 Å². The van der Waals surface area contributed by atoms with E-state index in [1.54, 1.807) is 6.07 Å². The third kappa shape index (κ3) is 3.50. The van der Waals surface area contributed by atoms with Gasteiger partial charge in [-0.2, -0.15) is 0 Å². The lowest BCUT2D eigenvalue weighted by atomic mass is 10.2. The number of hydrogen-bond acceptors (Lipinski definition) is 4. The Morgan fingerprint density at radius 2 is 1.85 bits per heavy atom. The van der Waals surface area contributed by atoms with Gasteiger partial charge in [0.2, 0.25) is 10.0 Å². The van der Waals surface area contributed by atoms with Gasteiger partial charge in [0.05, 0.1) is 4.90 Å². The van der Waals surface area contributed by atoms with Crippen molar-refractivity contribution in [3.63, 3.8) is 0 Å². The monoisotopic (exact) mass is 355 g/mol. The van der Waals surface area contributed by atoms with Crippen molar-refractivity contribution in [2.24, 2.45) is 5.14 Å². The summed E-state index contributed by atoms with van der Waals surface area (Å²) in [5.74, 6) is 0. The first-order chi connectivity index (χ1) is 9.25. The number of hydrogen-bond donors (Lipinski definition) is 3. The van der Waals surface area contributed by atoms with Crippen molar-refractivity contribution in [3.8, 4) is 0 Å². The molecule has 2 aromatic rings. The second-order valence-electron chi connectivity index (χ2n) is 4.42. The molecule has 0 heterocycles. The molecule has 7 heteroatoms. The molecule has 0 fully saturated rings. The molecule has 0 aliphatic carbocycles. The maximum atomic E-state index is 11.4. The summed E-state index contributed by atoms with van der Waals surface area (Å²) >= 11 is 3.39. The van der Waals surface area contributed by atoms with Crippen molar-refractivity contribution in [1.29, 1.82) is 0 Å². The molecule has 0 spiro atoms. The fraction of sp³-hybridized carbons (Fsp3) is 0.0769. The molecule has 0 aromatic heterocycles. The van der Waals surface area contributed by atoms with Crippen molar-refractivity contribution in [3.05, 3.63) is 46.4 Å². The Morgan fingerprint density at radius 3 is 2.45 bits per heavy atom. The van der Waals surface area contributed by atoms with E-state index >= 15 is 0 Å². The Labute approximate surface area is 126 Å². The number of nitrogens with one attached hydrogen (secondary N) is 1. The highest BCUT2D eigenvalue weighted by Gasteiger charge is 2.10.